The molecule has 1 N–H and O–H groups in total. The van der Waals surface area contributed by atoms with Crippen molar-refractivity contribution < 1.29 is 0 Å². The van der Waals surface area contributed by atoms with Crippen LogP contribution in [0.3, 0.4) is 0 Å². The van der Waals surface area contributed by atoms with E-state index in [2.05, 4.69) is 12.2 Å². The van der Waals surface area contributed by atoms with Crippen molar-refractivity contribution in [3.63, 3.8) is 0 Å². The Morgan fingerprint density at radius 3 is 2.33 bits per heavy atom. The standard InChI is InChI=1S/C14H21N3S/c1-2-15-13-16-12(17-18-13)14-6-9-3-10(7-14)5-11(4-9)8-14/h9-11H,2-8H2,1H3,(H,15,16,17). The highest BCUT2D eigenvalue weighted by molar-refractivity contribution is 7.09. The van der Waals surface area contributed by atoms with Gasteiger partial charge in [0.15, 0.2) is 5.82 Å². The maximum atomic E-state index is 4.79. The molecule has 1 heterocycles. The molecule has 0 aromatic carbocycles. The van der Waals surface area contributed by atoms with E-state index in [0.717, 1.165) is 29.4 Å². The molecular weight excluding hydrogens is 242 g/mol. The van der Waals surface area contributed by atoms with Gasteiger partial charge < -0.3 is 5.32 Å². The van der Waals surface area contributed by atoms with Crippen LogP contribution in [-0.2, 0) is 5.41 Å². The predicted molar refractivity (Wildman–Crippen MR) is 73.9 cm³/mol. The minimum atomic E-state index is 0.360. The van der Waals surface area contributed by atoms with Gasteiger partial charge in [-0.25, -0.2) is 4.98 Å². The number of nitrogens with one attached hydrogen (secondary N) is 1. The normalized spacial score (nSPS) is 41.3. The van der Waals surface area contributed by atoms with Crippen molar-refractivity contribution in [1.29, 1.82) is 0 Å². The first-order valence-corrected chi connectivity index (χ1v) is 8.13. The monoisotopic (exact) mass is 263 g/mol. The summed E-state index contributed by atoms with van der Waals surface area (Å²) in [7, 11) is 0. The molecule has 1 aromatic rings. The molecule has 0 radical (unpaired) electrons. The Morgan fingerprint density at radius 2 is 1.78 bits per heavy atom. The first-order chi connectivity index (χ1) is 8.77. The fraction of sp³-hybridized carbons (Fsp3) is 0.857. The third-order valence-electron chi connectivity index (χ3n) is 5.27. The van der Waals surface area contributed by atoms with Gasteiger partial charge in [-0.1, -0.05) is 0 Å². The second-order valence-corrected chi connectivity index (χ2v) is 7.40. The van der Waals surface area contributed by atoms with Crippen LogP contribution >= 0.6 is 11.5 Å². The van der Waals surface area contributed by atoms with Gasteiger partial charge in [0.05, 0.1) is 0 Å². The molecule has 98 valence electrons. The molecule has 4 aliphatic carbocycles. The van der Waals surface area contributed by atoms with Crippen LogP contribution in [0.2, 0.25) is 0 Å². The molecule has 0 aliphatic heterocycles. The Labute approximate surface area is 113 Å². The molecule has 4 fully saturated rings. The first-order valence-electron chi connectivity index (χ1n) is 7.35. The van der Waals surface area contributed by atoms with Crippen LogP contribution in [-0.4, -0.2) is 15.9 Å². The molecular formula is C14H21N3S. The van der Waals surface area contributed by atoms with E-state index >= 15 is 0 Å². The van der Waals surface area contributed by atoms with Crippen molar-refractivity contribution in [3.8, 4) is 0 Å². The van der Waals surface area contributed by atoms with E-state index in [-0.39, 0.29) is 0 Å². The Kier molecular flexibility index (Phi) is 2.44. The molecule has 0 saturated heterocycles. The lowest BCUT2D eigenvalue weighted by Gasteiger charge is -2.55. The smallest absolute Gasteiger partial charge is 0.202 e. The fourth-order valence-electron chi connectivity index (χ4n) is 5.05. The summed E-state index contributed by atoms with van der Waals surface area (Å²) in [6.07, 6.45) is 8.56. The highest BCUT2D eigenvalue weighted by Gasteiger charge is 2.53. The quantitative estimate of drug-likeness (QED) is 0.908. The SMILES string of the molecule is CCNc1nc(C23CC4CC(CC(C4)C2)C3)ns1. The molecule has 4 heteroatoms. The van der Waals surface area contributed by atoms with Crippen LogP contribution in [0.1, 0.15) is 51.3 Å². The van der Waals surface area contributed by atoms with Crippen molar-refractivity contribution in [1.82, 2.24) is 9.36 Å². The average Bonchev–Trinajstić information content (AvgIpc) is 2.77. The van der Waals surface area contributed by atoms with Crippen LogP contribution in [0.4, 0.5) is 5.13 Å². The minimum absolute atomic E-state index is 0.360. The van der Waals surface area contributed by atoms with Gasteiger partial charge in [0.1, 0.15) is 0 Å². The second kappa shape index (κ2) is 3.92. The van der Waals surface area contributed by atoms with E-state index in [1.807, 2.05) is 0 Å². The summed E-state index contributed by atoms with van der Waals surface area (Å²) in [4.78, 5) is 4.79. The lowest BCUT2D eigenvalue weighted by Crippen LogP contribution is -2.49. The van der Waals surface area contributed by atoms with Crippen molar-refractivity contribution in [3.05, 3.63) is 5.82 Å². The highest BCUT2D eigenvalue weighted by Crippen LogP contribution is 2.60. The summed E-state index contributed by atoms with van der Waals surface area (Å²) in [5, 5.41) is 4.32. The maximum Gasteiger partial charge on any atom is 0.202 e. The van der Waals surface area contributed by atoms with Crippen molar-refractivity contribution in [2.75, 3.05) is 11.9 Å². The number of nitrogens with zero attached hydrogens (tertiary/aromatic N) is 2. The van der Waals surface area contributed by atoms with Crippen molar-refractivity contribution in [2.45, 2.75) is 50.9 Å². The number of rotatable bonds is 3. The number of hydrogen-bond acceptors (Lipinski definition) is 4. The molecule has 4 saturated carbocycles. The van der Waals surface area contributed by atoms with E-state index in [1.165, 1.54) is 44.3 Å². The summed E-state index contributed by atoms with van der Waals surface area (Å²) in [6.45, 7) is 3.06. The van der Waals surface area contributed by atoms with E-state index in [9.17, 15) is 0 Å². The molecule has 4 aliphatic rings. The second-order valence-electron chi connectivity index (χ2n) is 6.65. The van der Waals surface area contributed by atoms with Gasteiger partial charge in [0, 0.05) is 23.5 Å². The fourth-order valence-corrected chi connectivity index (χ4v) is 5.79. The van der Waals surface area contributed by atoms with Gasteiger partial charge in [0.2, 0.25) is 5.13 Å². The Hall–Kier alpha value is -0.640. The lowest BCUT2D eigenvalue weighted by molar-refractivity contribution is -0.00880. The zero-order valence-corrected chi connectivity index (χ0v) is 11.8. The molecule has 1 aromatic heterocycles. The van der Waals surface area contributed by atoms with Crippen LogP contribution in [0, 0.1) is 17.8 Å². The number of hydrogen-bond donors (Lipinski definition) is 1. The van der Waals surface area contributed by atoms with E-state index in [4.69, 9.17) is 9.36 Å². The van der Waals surface area contributed by atoms with Crippen LogP contribution in [0.15, 0.2) is 0 Å². The highest BCUT2D eigenvalue weighted by atomic mass is 32.1. The third-order valence-corrected chi connectivity index (χ3v) is 5.94. The summed E-state index contributed by atoms with van der Waals surface area (Å²) in [6, 6.07) is 0. The van der Waals surface area contributed by atoms with Gasteiger partial charge in [-0.2, -0.15) is 4.37 Å². The average molecular weight is 263 g/mol. The summed E-state index contributed by atoms with van der Waals surface area (Å²) >= 11 is 1.55. The molecule has 0 amide bonds. The number of aromatic nitrogens is 2. The minimum Gasteiger partial charge on any atom is -0.361 e. The first kappa shape index (κ1) is 11.2. The van der Waals surface area contributed by atoms with Crippen LogP contribution in [0.25, 0.3) is 0 Å². The summed E-state index contributed by atoms with van der Waals surface area (Å²) < 4.78 is 4.69. The lowest BCUT2D eigenvalue weighted by atomic mass is 9.49. The maximum absolute atomic E-state index is 4.79. The Balaban J connectivity index is 1.66. The van der Waals surface area contributed by atoms with Gasteiger partial charge in [-0.15, -0.1) is 0 Å². The molecule has 3 nitrogen and oxygen atoms in total. The molecule has 18 heavy (non-hydrogen) atoms. The van der Waals surface area contributed by atoms with E-state index < -0.39 is 0 Å². The summed E-state index contributed by atoms with van der Waals surface area (Å²) in [5.41, 5.74) is 0.360. The summed E-state index contributed by atoms with van der Waals surface area (Å²) in [5.74, 6) is 4.09. The van der Waals surface area contributed by atoms with Crippen LogP contribution in [0.5, 0.6) is 0 Å². The van der Waals surface area contributed by atoms with Gasteiger partial charge in [0.25, 0.3) is 0 Å². The zero-order chi connectivity index (χ0) is 12.2. The van der Waals surface area contributed by atoms with Crippen molar-refractivity contribution >= 4 is 16.7 Å². The van der Waals surface area contributed by atoms with Gasteiger partial charge in [-0.05, 0) is 63.2 Å². The predicted octanol–water partition coefficient (Wildman–Crippen LogP) is 3.44. The largest absolute Gasteiger partial charge is 0.361 e. The Bertz CT molecular complexity index is 418. The van der Waals surface area contributed by atoms with Gasteiger partial charge in [-0.3, -0.25) is 0 Å². The molecule has 4 bridgehead atoms. The zero-order valence-electron chi connectivity index (χ0n) is 11.0. The molecule has 0 atom stereocenters. The molecule has 0 spiro atoms. The van der Waals surface area contributed by atoms with Crippen molar-refractivity contribution in [2.24, 2.45) is 17.8 Å². The topological polar surface area (TPSA) is 37.8 Å². The molecule has 5 rings (SSSR count). The molecule has 0 unspecified atom stereocenters. The number of anilines is 1. The van der Waals surface area contributed by atoms with Gasteiger partial charge >= 0.3 is 0 Å². The van der Waals surface area contributed by atoms with E-state index in [0.29, 0.717) is 5.41 Å². The van der Waals surface area contributed by atoms with E-state index in [1.54, 1.807) is 11.5 Å². The Morgan fingerprint density at radius 1 is 1.17 bits per heavy atom. The third kappa shape index (κ3) is 1.61. The van der Waals surface area contributed by atoms with Crippen LogP contribution < -0.4 is 5.32 Å².